The molecule has 0 fully saturated rings. The van der Waals surface area contributed by atoms with Crippen LogP contribution in [0.15, 0.2) is 53.4 Å². The van der Waals surface area contributed by atoms with Crippen LogP contribution in [0.25, 0.3) is 0 Å². The van der Waals surface area contributed by atoms with E-state index in [1.807, 2.05) is 52.0 Å². The molecule has 8 nitrogen and oxygen atoms in total. The van der Waals surface area contributed by atoms with Gasteiger partial charge < -0.3 is 10.2 Å². The molecule has 2 aromatic rings. The molecule has 0 bridgehead atoms. The topological polar surface area (TPSA) is 104 Å². The van der Waals surface area contributed by atoms with Crippen molar-refractivity contribution >= 4 is 27.7 Å². The summed E-state index contributed by atoms with van der Waals surface area (Å²) in [7, 11) is -4.01. The Kier molecular flexibility index (Phi) is 7.16. The van der Waals surface area contributed by atoms with Gasteiger partial charge in [-0.1, -0.05) is 42.0 Å². The Hall–Kier alpha value is -3.20. The zero-order valence-corrected chi connectivity index (χ0v) is 21.0. The molecule has 1 heterocycles. The molecule has 1 aliphatic rings. The van der Waals surface area contributed by atoms with Gasteiger partial charge in [-0.3, -0.25) is 14.4 Å². The van der Waals surface area contributed by atoms with Crippen LogP contribution in [0.5, 0.6) is 0 Å². The maximum atomic E-state index is 13.3. The maximum absolute atomic E-state index is 13.3. The van der Waals surface area contributed by atoms with Crippen molar-refractivity contribution in [1.82, 2.24) is 14.5 Å². The van der Waals surface area contributed by atoms with Crippen LogP contribution < -0.4 is 5.32 Å². The Labute approximate surface area is 201 Å². The molecular formula is C25H31N3O5S. The van der Waals surface area contributed by atoms with Crippen LogP contribution in [0, 0.1) is 6.92 Å². The minimum atomic E-state index is -4.01. The van der Waals surface area contributed by atoms with Crippen molar-refractivity contribution in [2.24, 2.45) is 0 Å². The lowest BCUT2D eigenvalue weighted by molar-refractivity contribution is -0.141. The van der Waals surface area contributed by atoms with Gasteiger partial charge in [0, 0.05) is 25.0 Å². The molecule has 1 N–H and O–H groups in total. The Morgan fingerprint density at radius 1 is 1.09 bits per heavy atom. The van der Waals surface area contributed by atoms with Gasteiger partial charge in [-0.05, 0) is 52.3 Å². The van der Waals surface area contributed by atoms with Crippen molar-refractivity contribution in [2.75, 3.05) is 6.54 Å². The Morgan fingerprint density at radius 2 is 1.76 bits per heavy atom. The molecule has 3 amide bonds. The van der Waals surface area contributed by atoms with E-state index in [1.165, 1.54) is 17.0 Å². The van der Waals surface area contributed by atoms with Crippen molar-refractivity contribution in [3.05, 3.63) is 65.2 Å². The summed E-state index contributed by atoms with van der Waals surface area (Å²) in [6, 6.07) is 12.8. The fraction of sp³-hybridized carbons (Fsp3) is 0.400. The number of amides is 3. The summed E-state index contributed by atoms with van der Waals surface area (Å²) in [5.41, 5.74) is 1.49. The average Bonchev–Trinajstić information content (AvgIpc) is 2.94. The Balaban J connectivity index is 1.81. The fourth-order valence-corrected chi connectivity index (χ4v) is 5.43. The summed E-state index contributed by atoms with van der Waals surface area (Å²) >= 11 is 0. The van der Waals surface area contributed by atoms with E-state index in [9.17, 15) is 22.8 Å². The van der Waals surface area contributed by atoms with Crippen LogP contribution in [-0.4, -0.2) is 53.5 Å². The van der Waals surface area contributed by atoms with E-state index in [1.54, 1.807) is 19.1 Å². The van der Waals surface area contributed by atoms with Crippen molar-refractivity contribution < 1.29 is 22.8 Å². The minimum Gasteiger partial charge on any atom is -0.350 e. The highest BCUT2D eigenvalue weighted by atomic mass is 32.2. The van der Waals surface area contributed by atoms with Crippen LogP contribution in [0.2, 0.25) is 0 Å². The molecule has 0 saturated carbocycles. The molecule has 0 saturated heterocycles. The van der Waals surface area contributed by atoms with Crippen LogP contribution in [0.1, 0.15) is 55.6 Å². The first kappa shape index (κ1) is 25.4. The number of benzene rings is 2. The molecule has 0 radical (unpaired) electrons. The average molecular weight is 486 g/mol. The van der Waals surface area contributed by atoms with E-state index in [0.29, 0.717) is 0 Å². The van der Waals surface area contributed by atoms with Gasteiger partial charge in [-0.25, -0.2) is 12.7 Å². The second kappa shape index (κ2) is 9.58. The van der Waals surface area contributed by atoms with E-state index >= 15 is 0 Å². The molecule has 0 aliphatic carbocycles. The first-order valence-electron chi connectivity index (χ1n) is 11.1. The highest BCUT2D eigenvalue weighted by Gasteiger charge is 2.41. The van der Waals surface area contributed by atoms with Crippen molar-refractivity contribution in [1.29, 1.82) is 0 Å². The number of nitrogens with one attached hydrogen (secondary N) is 1. The maximum Gasteiger partial charge on any atom is 0.269 e. The van der Waals surface area contributed by atoms with E-state index in [4.69, 9.17) is 0 Å². The summed E-state index contributed by atoms with van der Waals surface area (Å²) in [4.78, 5) is 40.2. The zero-order chi connectivity index (χ0) is 25.3. The number of carbonyl (C=O) groups excluding carboxylic acids is 3. The molecule has 0 aromatic heterocycles. The van der Waals surface area contributed by atoms with Gasteiger partial charge >= 0.3 is 0 Å². The second-order valence-corrected chi connectivity index (χ2v) is 11.4. The van der Waals surface area contributed by atoms with Gasteiger partial charge in [-0.15, -0.1) is 0 Å². The number of nitrogens with zero attached hydrogens (tertiary/aromatic N) is 2. The number of hydrogen-bond donors (Lipinski definition) is 1. The standard InChI is InChI=1S/C25H31N3O5S/c1-17-9-8-10-19(15-17)16-27(18(2)23(30)26-25(3,4)5)22(29)13-14-28-24(31)20-11-6-7-12-21(20)34(28,32)33/h6-12,15,18H,13-14,16H2,1-5H3,(H,26,30). The van der Waals surface area contributed by atoms with Crippen LogP contribution in [0.3, 0.4) is 0 Å². The molecule has 2 aromatic carbocycles. The largest absolute Gasteiger partial charge is 0.350 e. The van der Waals surface area contributed by atoms with Gasteiger partial charge in [0.15, 0.2) is 0 Å². The highest BCUT2D eigenvalue weighted by molar-refractivity contribution is 7.90. The molecule has 1 unspecified atom stereocenters. The monoisotopic (exact) mass is 485 g/mol. The van der Waals surface area contributed by atoms with Crippen LogP contribution in [0.4, 0.5) is 0 Å². The zero-order valence-electron chi connectivity index (χ0n) is 20.2. The van der Waals surface area contributed by atoms with Crippen molar-refractivity contribution in [3.63, 3.8) is 0 Å². The molecule has 0 spiro atoms. The van der Waals surface area contributed by atoms with E-state index in [0.717, 1.165) is 15.4 Å². The lowest BCUT2D eigenvalue weighted by Gasteiger charge is -2.32. The van der Waals surface area contributed by atoms with E-state index in [-0.39, 0.29) is 35.9 Å². The van der Waals surface area contributed by atoms with Gasteiger partial charge in [0.2, 0.25) is 11.8 Å². The van der Waals surface area contributed by atoms with Gasteiger partial charge in [0.1, 0.15) is 10.9 Å². The molecular weight excluding hydrogens is 454 g/mol. The highest BCUT2D eigenvalue weighted by Crippen LogP contribution is 2.30. The number of aryl methyl sites for hydroxylation is 1. The number of carbonyl (C=O) groups is 3. The van der Waals surface area contributed by atoms with Gasteiger partial charge in [0.05, 0.1) is 5.56 Å². The number of hydrogen-bond acceptors (Lipinski definition) is 5. The van der Waals surface area contributed by atoms with Crippen molar-refractivity contribution in [2.45, 2.75) is 64.1 Å². The smallest absolute Gasteiger partial charge is 0.269 e. The third kappa shape index (κ3) is 5.47. The predicted octanol–water partition coefficient (Wildman–Crippen LogP) is 2.86. The Bertz CT molecular complexity index is 1220. The summed E-state index contributed by atoms with van der Waals surface area (Å²) in [6.45, 7) is 9.02. The summed E-state index contributed by atoms with van der Waals surface area (Å²) in [6.07, 6.45) is -0.238. The molecule has 1 aliphatic heterocycles. The second-order valence-electron chi connectivity index (χ2n) is 9.55. The lowest BCUT2D eigenvalue weighted by atomic mass is 10.1. The first-order valence-corrected chi connectivity index (χ1v) is 12.6. The quantitative estimate of drug-likeness (QED) is 0.650. The van der Waals surface area contributed by atoms with Gasteiger partial charge in [0.25, 0.3) is 15.9 Å². The third-order valence-electron chi connectivity index (χ3n) is 5.54. The van der Waals surface area contributed by atoms with Gasteiger partial charge in [-0.2, -0.15) is 0 Å². The summed E-state index contributed by atoms with van der Waals surface area (Å²) in [5, 5.41) is 2.89. The number of rotatable bonds is 7. The number of fused-ring (bicyclic) bond motifs is 1. The predicted molar refractivity (Wildman–Crippen MR) is 128 cm³/mol. The number of sulfonamides is 1. The molecule has 182 valence electrons. The van der Waals surface area contributed by atoms with Crippen LogP contribution in [-0.2, 0) is 26.2 Å². The lowest BCUT2D eigenvalue weighted by Crippen LogP contribution is -2.52. The molecule has 9 heteroatoms. The van der Waals surface area contributed by atoms with Crippen molar-refractivity contribution in [3.8, 4) is 0 Å². The van der Waals surface area contributed by atoms with E-state index in [2.05, 4.69) is 5.32 Å². The summed E-state index contributed by atoms with van der Waals surface area (Å²) in [5.74, 6) is -1.38. The third-order valence-corrected chi connectivity index (χ3v) is 7.38. The normalized spacial score (nSPS) is 15.6. The SMILES string of the molecule is Cc1cccc(CN(C(=O)CCN2C(=O)c3ccccc3S2(=O)=O)C(C)C(=O)NC(C)(C)C)c1. The summed E-state index contributed by atoms with van der Waals surface area (Å²) < 4.78 is 26.4. The molecule has 1 atom stereocenters. The Morgan fingerprint density at radius 3 is 2.38 bits per heavy atom. The fourth-order valence-electron chi connectivity index (χ4n) is 3.86. The molecule has 3 rings (SSSR count). The molecule has 34 heavy (non-hydrogen) atoms. The van der Waals surface area contributed by atoms with E-state index < -0.39 is 33.4 Å². The first-order chi connectivity index (χ1) is 15.8. The minimum absolute atomic E-state index is 0.0537. The van der Waals surface area contributed by atoms with Crippen LogP contribution >= 0.6 is 0 Å².